The Bertz CT molecular complexity index is 168. The van der Waals surface area contributed by atoms with Gasteiger partial charge < -0.3 is 9.84 Å². The third-order valence-electron chi connectivity index (χ3n) is 0.604. The lowest BCUT2D eigenvalue weighted by molar-refractivity contribution is 0.147. The summed E-state index contributed by atoms with van der Waals surface area (Å²) in [7, 11) is 0. The van der Waals surface area contributed by atoms with Gasteiger partial charge in [-0.15, -0.1) is 0 Å². The first-order chi connectivity index (χ1) is 5.16. The van der Waals surface area contributed by atoms with Crippen molar-refractivity contribution >= 4 is 12.2 Å². The molecule has 0 saturated carbocycles. The summed E-state index contributed by atoms with van der Waals surface area (Å²) in [6, 6.07) is 0. The molecule has 0 aromatic rings. The van der Waals surface area contributed by atoms with Gasteiger partial charge in [0.25, 0.3) is 0 Å². The molecule has 6 nitrogen and oxygen atoms in total. The highest BCUT2D eigenvalue weighted by atomic mass is 16.6. The molecule has 6 heteroatoms. The van der Waals surface area contributed by atoms with E-state index in [1.165, 1.54) is 6.08 Å². The van der Waals surface area contributed by atoms with Gasteiger partial charge >= 0.3 is 12.2 Å². The van der Waals surface area contributed by atoms with Crippen LogP contribution in [0.3, 0.4) is 0 Å². The third-order valence-corrected chi connectivity index (χ3v) is 0.604. The fraction of sp³-hybridized carbons (Fsp3) is 0.200. The Morgan fingerprint density at radius 1 is 1.55 bits per heavy atom. The lowest BCUT2D eigenvalue weighted by Crippen LogP contribution is -2.41. The molecule has 11 heavy (non-hydrogen) atoms. The van der Waals surface area contributed by atoms with Gasteiger partial charge in [0.15, 0.2) is 0 Å². The molecule has 0 atom stereocenters. The van der Waals surface area contributed by atoms with E-state index in [2.05, 4.69) is 11.3 Å². The molecular formula is C5H8N2O4. The fourth-order valence-corrected chi connectivity index (χ4v) is 0.275. The van der Waals surface area contributed by atoms with Crippen LogP contribution in [-0.2, 0) is 4.74 Å². The van der Waals surface area contributed by atoms with Gasteiger partial charge in [0.1, 0.15) is 6.61 Å². The summed E-state index contributed by atoms with van der Waals surface area (Å²) >= 11 is 0. The molecule has 0 unspecified atom stereocenters. The van der Waals surface area contributed by atoms with Crippen LogP contribution in [0.15, 0.2) is 12.7 Å². The van der Waals surface area contributed by atoms with Crippen molar-refractivity contribution in [2.45, 2.75) is 0 Å². The summed E-state index contributed by atoms with van der Waals surface area (Å²) in [5, 5.41) is 7.99. The molecule has 0 aromatic carbocycles. The summed E-state index contributed by atoms with van der Waals surface area (Å²) < 4.78 is 4.35. The van der Waals surface area contributed by atoms with E-state index in [1.807, 2.05) is 0 Å². The first-order valence-electron chi connectivity index (χ1n) is 2.69. The average molecular weight is 160 g/mol. The number of carbonyl (C=O) groups is 2. The standard InChI is InChI=1S/C5H8N2O4/c1-2-3-11-5(10)7-6-4(8)9/h2,6H,1,3H2,(H,7,10)(H,8,9). The van der Waals surface area contributed by atoms with Gasteiger partial charge in [0.2, 0.25) is 0 Å². The van der Waals surface area contributed by atoms with Gasteiger partial charge in [-0.25, -0.2) is 20.4 Å². The monoisotopic (exact) mass is 160 g/mol. The number of carbonyl (C=O) groups excluding carboxylic acids is 1. The normalized spacial score (nSPS) is 8.00. The number of hydrogen-bond donors (Lipinski definition) is 3. The van der Waals surface area contributed by atoms with Crippen molar-refractivity contribution in [3.63, 3.8) is 0 Å². The van der Waals surface area contributed by atoms with Crippen LogP contribution in [0.2, 0.25) is 0 Å². The molecule has 0 radical (unpaired) electrons. The molecule has 0 bridgehead atoms. The molecule has 0 rings (SSSR count). The van der Waals surface area contributed by atoms with Crippen LogP contribution in [-0.4, -0.2) is 23.9 Å². The Kier molecular flexibility index (Phi) is 4.30. The van der Waals surface area contributed by atoms with Crippen molar-refractivity contribution in [1.29, 1.82) is 0 Å². The molecule has 0 spiro atoms. The molecule has 3 N–H and O–H groups in total. The van der Waals surface area contributed by atoms with Crippen LogP contribution in [0.1, 0.15) is 0 Å². The molecule has 0 fully saturated rings. The number of hydrogen-bond acceptors (Lipinski definition) is 3. The molecule has 0 aliphatic heterocycles. The quantitative estimate of drug-likeness (QED) is 0.394. The molecule has 2 amide bonds. The minimum absolute atomic E-state index is 0.0349. The topological polar surface area (TPSA) is 87.7 Å². The van der Waals surface area contributed by atoms with Crippen molar-refractivity contribution in [2.24, 2.45) is 0 Å². The molecule has 62 valence electrons. The molecule has 0 aromatic heterocycles. The fourth-order valence-electron chi connectivity index (χ4n) is 0.275. The number of nitrogens with one attached hydrogen (secondary N) is 2. The zero-order chi connectivity index (χ0) is 8.69. The van der Waals surface area contributed by atoms with E-state index in [9.17, 15) is 9.59 Å². The van der Waals surface area contributed by atoms with E-state index in [0.29, 0.717) is 0 Å². The Morgan fingerprint density at radius 3 is 2.64 bits per heavy atom. The van der Waals surface area contributed by atoms with Crippen molar-refractivity contribution < 1.29 is 19.4 Å². The Balaban J connectivity index is 3.37. The SMILES string of the molecule is C=CCOC(=O)NNC(=O)O. The first-order valence-corrected chi connectivity index (χ1v) is 2.69. The van der Waals surface area contributed by atoms with E-state index in [-0.39, 0.29) is 6.61 Å². The highest BCUT2D eigenvalue weighted by molar-refractivity contribution is 5.72. The summed E-state index contributed by atoms with van der Waals surface area (Å²) in [5.74, 6) is 0. The van der Waals surface area contributed by atoms with Crippen LogP contribution >= 0.6 is 0 Å². The number of carboxylic acid groups (broad SMARTS) is 1. The maximum absolute atomic E-state index is 10.4. The number of amides is 2. The minimum atomic E-state index is -1.36. The smallest absolute Gasteiger partial charge is 0.426 e. The zero-order valence-electron chi connectivity index (χ0n) is 5.66. The third kappa shape index (κ3) is 6.16. The molecular weight excluding hydrogens is 152 g/mol. The Labute approximate surface area is 62.8 Å². The molecule has 0 aliphatic rings. The maximum Gasteiger partial charge on any atom is 0.426 e. The lowest BCUT2D eigenvalue weighted by Gasteiger charge is -2.02. The highest BCUT2D eigenvalue weighted by Gasteiger charge is 2.00. The van der Waals surface area contributed by atoms with Crippen LogP contribution in [0.5, 0.6) is 0 Å². The number of rotatable bonds is 2. The van der Waals surface area contributed by atoms with Crippen LogP contribution < -0.4 is 10.9 Å². The second kappa shape index (κ2) is 5.10. The van der Waals surface area contributed by atoms with E-state index in [4.69, 9.17) is 5.11 Å². The van der Waals surface area contributed by atoms with Crippen molar-refractivity contribution in [3.05, 3.63) is 12.7 Å². The maximum atomic E-state index is 10.4. The predicted octanol–water partition coefficient (Wildman–Crippen LogP) is 0.0812. The summed E-state index contributed by atoms with van der Waals surface area (Å²) in [6.45, 7) is 3.32. The zero-order valence-corrected chi connectivity index (χ0v) is 5.66. The van der Waals surface area contributed by atoms with Gasteiger partial charge in [-0.1, -0.05) is 12.7 Å². The van der Waals surface area contributed by atoms with E-state index in [0.717, 1.165) is 0 Å². The van der Waals surface area contributed by atoms with Gasteiger partial charge in [0, 0.05) is 0 Å². The summed E-state index contributed by atoms with van der Waals surface area (Å²) in [5.41, 5.74) is 3.37. The van der Waals surface area contributed by atoms with Crippen LogP contribution in [0.4, 0.5) is 9.59 Å². The molecule has 0 saturated heterocycles. The first kappa shape index (κ1) is 9.28. The summed E-state index contributed by atoms with van der Waals surface area (Å²) in [4.78, 5) is 20.2. The van der Waals surface area contributed by atoms with Crippen molar-refractivity contribution in [2.75, 3.05) is 6.61 Å². The van der Waals surface area contributed by atoms with Gasteiger partial charge in [-0.3, -0.25) is 0 Å². The van der Waals surface area contributed by atoms with Crippen LogP contribution in [0.25, 0.3) is 0 Å². The molecule has 0 heterocycles. The average Bonchev–Trinajstić information content (AvgIpc) is 1.97. The largest absolute Gasteiger partial charge is 0.464 e. The number of ether oxygens (including phenoxy) is 1. The Hall–Kier alpha value is -1.72. The molecule has 0 aliphatic carbocycles. The van der Waals surface area contributed by atoms with Gasteiger partial charge in [-0.05, 0) is 0 Å². The predicted molar refractivity (Wildman–Crippen MR) is 35.8 cm³/mol. The van der Waals surface area contributed by atoms with Gasteiger partial charge in [-0.2, -0.15) is 0 Å². The highest BCUT2D eigenvalue weighted by Crippen LogP contribution is 1.74. The minimum Gasteiger partial charge on any atom is -0.464 e. The second-order valence-corrected chi connectivity index (χ2v) is 1.44. The summed E-state index contributed by atoms with van der Waals surface area (Å²) in [6.07, 6.45) is -0.867. The number of hydrazine groups is 1. The van der Waals surface area contributed by atoms with Crippen molar-refractivity contribution in [1.82, 2.24) is 10.9 Å². The second-order valence-electron chi connectivity index (χ2n) is 1.44. The van der Waals surface area contributed by atoms with Crippen molar-refractivity contribution in [3.8, 4) is 0 Å². The van der Waals surface area contributed by atoms with E-state index < -0.39 is 12.2 Å². The van der Waals surface area contributed by atoms with Gasteiger partial charge in [0.05, 0.1) is 0 Å². The van der Waals surface area contributed by atoms with Crippen LogP contribution in [0, 0.1) is 0 Å². The van der Waals surface area contributed by atoms with E-state index >= 15 is 0 Å². The van der Waals surface area contributed by atoms with E-state index in [1.54, 1.807) is 10.9 Å². The Morgan fingerprint density at radius 2 is 2.18 bits per heavy atom. The lowest BCUT2D eigenvalue weighted by atomic mass is 10.7.